The summed E-state index contributed by atoms with van der Waals surface area (Å²) in [5, 5.41) is 0.914. The molecule has 2 amide bonds. The number of methoxy groups -OCH3 is 2. The molecule has 8 nitrogen and oxygen atoms in total. The summed E-state index contributed by atoms with van der Waals surface area (Å²) in [4.78, 5) is 28.3. The molecule has 35 heavy (non-hydrogen) atoms. The highest BCUT2D eigenvalue weighted by Crippen LogP contribution is 2.38. The maximum absolute atomic E-state index is 13.0. The molecular formula is C27H30N2O6. The van der Waals surface area contributed by atoms with Crippen LogP contribution in [0.5, 0.6) is 11.5 Å². The van der Waals surface area contributed by atoms with Crippen molar-refractivity contribution in [2.75, 3.05) is 47.0 Å². The van der Waals surface area contributed by atoms with E-state index in [0.29, 0.717) is 44.1 Å². The first-order valence-electron chi connectivity index (χ1n) is 11.6. The summed E-state index contributed by atoms with van der Waals surface area (Å²) in [7, 11) is 3.23. The summed E-state index contributed by atoms with van der Waals surface area (Å²) in [6.45, 7) is 5.82. The Balaban J connectivity index is 1.59. The van der Waals surface area contributed by atoms with Gasteiger partial charge in [-0.2, -0.15) is 0 Å². The molecule has 0 unspecified atom stereocenters. The van der Waals surface area contributed by atoms with Crippen LogP contribution >= 0.6 is 0 Å². The standard InChI is InChI=1S/C27H30N2O6/c1-5-34-27(31)29-11-9-28(10-12-29)26(30)13-18(2)21-15-22-23(17-35-25(22)16-24(21)33-4)19-7-6-8-20(14-19)32-3/h6-8,13-17H,5,9-12H2,1-4H3/b18-13+. The second kappa shape index (κ2) is 10.5. The van der Waals surface area contributed by atoms with E-state index in [0.717, 1.165) is 33.4 Å². The van der Waals surface area contributed by atoms with Crippen molar-refractivity contribution in [3.05, 3.63) is 54.3 Å². The molecule has 0 aliphatic carbocycles. The fraction of sp³-hybridized carbons (Fsp3) is 0.333. The molecule has 1 fully saturated rings. The molecule has 1 saturated heterocycles. The van der Waals surface area contributed by atoms with Crippen molar-refractivity contribution in [3.8, 4) is 22.6 Å². The van der Waals surface area contributed by atoms with E-state index in [1.54, 1.807) is 43.3 Å². The molecule has 0 atom stereocenters. The quantitative estimate of drug-likeness (QED) is 0.473. The first-order valence-corrected chi connectivity index (χ1v) is 11.6. The van der Waals surface area contributed by atoms with Crippen molar-refractivity contribution in [2.24, 2.45) is 0 Å². The highest BCUT2D eigenvalue weighted by molar-refractivity contribution is 6.00. The third-order valence-corrected chi connectivity index (χ3v) is 6.16. The van der Waals surface area contributed by atoms with Crippen LogP contribution in [0.3, 0.4) is 0 Å². The summed E-state index contributed by atoms with van der Waals surface area (Å²) in [6, 6.07) is 11.6. The number of hydrogen-bond acceptors (Lipinski definition) is 6. The molecule has 1 aromatic heterocycles. The molecular weight excluding hydrogens is 448 g/mol. The lowest BCUT2D eigenvalue weighted by Crippen LogP contribution is -2.50. The molecule has 8 heteroatoms. The highest BCUT2D eigenvalue weighted by atomic mass is 16.6. The highest BCUT2D eigenvalue weighted by Gasteiger charge is 2.24. The zero-order valence-electron chi connectivity index (χ0n) is 20.5. The molecule has 0 bridgehead atoms. The van der Waals surface area contributed by atoms with Crippen molar-refractivity contribution in [2.45, 2.75) is 13.8 Å². The number of carbonyl (C=O) groups is 2. The molecule has 0 saturated carbocycles. The first-order chi connectivity index (χ1) is 16.9. The Kier molecular flexibility index (Phi) is 7.29. The molecule has 2 heterocycles. The maximum atomic E-state index is 13.0. The fourth-order valence-corrected chi connectivity index (χ4v) is 4.22. The number of piperazine rings is 1. The zero-order valence-corrected chi connectivity index (χ0v) is 20.5. The SMILES string of the molecule is CCOC(=O)N1CCN(C(=O)/C=C(\C)c2cc3c(-c4cccc(OC)c4)coc3cc2OC)CC1. The van der Waals surface area contributed by atoms with E-state index < -0.39 is 0 Å². The van der Waals surface area contributed by atoms with Crippen molar-refractivity contribution in [1.82, 2.24) is 9.80 Å². The molecule has 1 aliphatic heterocycles. The predicted octanol–water partition coefficient (Wildman–Crippen LogP) is 4.82. The maximum Gasteiger partial charge on any atom is 0.409 e. The number of allylic oxidation sites excluding steroid dienone is 1. The molecule has 0 spiro atoms. The predicted molar refractivity (Wildman–Crippen MR) is 134 cm³/mol. The molecule has 3 aromatic rings. The van der Waals surface area contributed by atoms with Gasteiger partial charge in [0.05, 0.1) is 27.1 Å². The largest absolute Gasteiger partial charge is 0.497 e. The van der Waals surface area contributed by atoms with E-state index in [1.165, 1.54) is 0 Å². The second-order valence-electron chi connectivity index (χ2n) is 8.27. The number of furan rings is 1. The lowest BCUT2D eigenvalue weighted by molar-refractivity contribution is -0.127. The summed E-state index contributed by atoms with van der Waals surface area (Å²) in [6.07, 6.45) is 3.00. The number of hydrogen-bond donors (Lipinski definition) is 0. The van der Waals surface area contributed by atoms with Crippen LogP contribution in [-0.4, -0.2) is 68.8 Å². The van der Waals surface area contributed by atoms with Crippen molar-refractivity contribution < 1.29 is 28.2 Å². The number of nitrogens with zero attached hydrogens (tertiary/aromatic N) is 2. The molecule has 0 radical (unpaired) electrons. The smallest absolute Gasteiger partial charge is 0.409 e. The molecule has 184 valence electrons. The van der Waals surface area contributed by atoms with Crippen LogP contribution in [0, 0.1) is 0 Å². The van der Waals surface area contributed by atoms with Gasteiger partial charge in [-0.15, -0.1) is 0 Å². The number of fused-ring (bicyclic) bond motifs is 1. The fourth-order valence-electron chi connectivity index (χ4n) is 4.22. The van der Waals surface area contributed by atoms with E-state index in [-0.39, 0.29) is 12.0 Å². The molecule has 1 aliphatic rings. The first kappa shape index (κ1) is 24.2. The van der Waals surface area contributed by atoms with Crippen LogP contribution in [0.25, 0.3) is 27.7 Å². The number of ether oxygens (including phenoxy) is 3. The number of amides is 2. The van der Waals surface area contributed by atoms with Crippen molar-refractivity contribution in [3.63, 3.8) is 0 Å². The normalized spacial score (nSPS) is 14.2. The van der Waals surface area contributed by atoms with Gasteiger partial charge in [0, 0.05) is 54.8 Å². The minimum absolute atomic E-state index is 0.103. The Morgan fingerprint density at radius 3 is 2.46 bits per heavy atom. The van der Waals surface area contributed by atoms with E-state index in [4.69, 9.17) is 18.6 Å². The number of rotatable bonds is 6. The molecule has 4 rings (SSSR count). The van der Waals surface area contributed by atoms with Crippen LogP contribution < -0.4 is 9.47 Å². The number of carbonyl (C=O) groups excluding carboxylic acids is 2. The van der Waals surface area contributed by atoms with Gasteiger partial charge in [0.2, 0.25) is 5.91 Å². The van der Waals surface area contributed by atoms with Crippen LogP contribution in [0.2, 0.25) is 0 Å². The average Bonchev–Trinajstić information content (AvgIpc) is 3.31. The monoisotopic (exact) mass is 478 g/mol. The van der Waals surface area contributed by atoms with E-state index >= 15 is 0 Å². The van der Waals surface area contributed by atoms with E-state index in [9.17, 15) is 9.59 Å². The Labute approximate surface area is 204 Å². The van der Waals surface area contributed by atoms with Gasteiger partial charge < -0.3 is 28.4 Å². The van der Waals surface area contributed by atoms with Crippen LogP contribution in [-0.2, 0) is 9.53 Å². The Hall–Kier alpha value is -3.94. The van der Waals surface area contributed by atoms with E-state index in [2.05, 4.69) is 0 Å². The van der Waals surface area contributed by atoms with Crippen molar-refractivity contribution in [1.29, 1.82) is 0 Å². The second-order valence-corrected chi connectivity index (χ2v) is 8.27. The van der Waals surface area contributed by atoms with Crippen molar-refractivity contribution >= 4 is 28.5 Å². The lowest BCUT2D eigenvalue weighted by Gasteiger charge is -2.33. The molecule has 2 aromatic carbocycles. The summed E-state index contributed by atoms with van der Waals surface area (Å²) in [5.74, 6) is 1.28. The minimum atomic E-state index is -0.337. The summed E-state index contributed by atoms with van der Waals surface area (Å²) < 4.78 is 21.8. The zero-order chi connectivity index (χ0) is 24.9. The lowest BCUT2D eigenvalue weighted by atomic mass is 9.99. The van der Waals surface area contributed by atoms with Crippen LogP contribution in [0.1, 0.15) is 19.4 Å². The minimum Gasteiger partial charge on any atom is -0.497 e. The Bertz CT molecular complexity index is 1250. The van der Waals surface area contributed by atoms with Gasteiger partial charge in [-0.3, -0.25) is 4.79 Å². The van der Waals surface area contributed by atoms with Gasteiger partial charge >= 0.3 is 6.09 Å². The Morgan fingerprint density at radius 1 is 1.03 bits per heavy atom. The third-order valence-electron chi connectivity index (χ3n) is 6.16. The third kappa shape index (κ3) is 5.11. The van der Waals surface area contributed by atoms with Gasteiger partial charge in [0.15, 0.2) is 0 Å². The van der Waals surface area contributed by atoms with E-state index in [1.807, 2.05) is 43.3 Å². The van der Waals surface area contributed by atoms with Gasteiger partial charge in [0.25, 0.3) is 0 Å². The van der Waals surface area contributed by atoms with Gasteiger partial charge in [-0.1, -0.05) is 12.1 Å². The van der Waals surface area contributed by atoms with Gasteiger partial charge in [-0.05, 0) is 43.2 Å². The summed E-state index contributed by atoms with van der Waals surface area (Å²) >= 11 is 0. The van der Waals surface area contributed by atoms with Gasteiger partial charge in [-0.25, -0.2) is 4.79 Å². The van der Waals surface area contributed by atoms with Crippen LogP contribution in [0.15, 0.2) is 53.2 Å². The van der Waals surface area contributed by atoms with Gasteiger partial charge in [0.1, 0.15) is 17.1 Å². The van der Waals surface area contributed by atoms with Crippen LogP contribution in [0.4, 0.5) is 4.79 Å². The Morgan fingerprint density at radius 2 is 1.77 bits per heavy atom. The topological polar surface area (TPSA) is 81.5 Å². The number of benzene rings is 2. The summed E-state index contributed by atoms with van der Waals surface area (Å²) in [5.41, 5.74) is 4.18. The molecule has 0 N–H and O–H groups in total. The average molecular weight is 479 g/mol.